The first-order valence-corrected chi connectivity index (χ1v) is 7.27. The third-order valence-electron chi connectivity index (χ3n) is 3.94. The second kappa shape index (κ2) is 6.13. The van der Waals surface area contributed by atoms with E-state index < -0.39 is 0 Å². The Labute approximate surface area is 119 Å². The van der Waals surface area contributed by atoms with Crippen molar-refractivity contribution in [3.8, 4) is 11.5 Å². The summed E-state index contributed by atoms with van der Waals surface area (Å²) < 4.78 is 5.34. The number of aromatic nitrogens is 3. The zero-order valence-corrected chi connectivity index (χ0v) is 11.8. The molecule has 0 spiro atoms. The van der Waals surface area contributed by atoms with E-state index in [1.165, 1.54) is 32.1 Å². The normalized spacial score (nSPS) is 16.7. The smallest absolute Gasteiger partial charge is 0.241 e. The third kappa shape index (κ3) is 3.04. The van der Waals surface area contributed by atoms with Crippen LogP contribution in [0.5, 0.6) is 0 Å². The van der Waals surface area contributed by atoms with Crippen LogP contribution in [0.4, 0.5) is 0 Å². The Morgan fingerprint density at radius 1 is 1.25 bits per heavy atom. The predicted molar refractivity (Wildman–Crippen MR) is 75.9 cm³/mol. The van der Waals surface area contributed by atoms with Crippen LogP contribution in [-0.4, -0.2) is 33.1 Å². The molecule has 0 N–H and O–H groups in total. The van der Waals surface area contributed by atoms with Crippen LogP contribution in [0.2, 0.25) is 0 Å². The highest BCUT2D eigenvalue weighted by molar-refractivity contribution is 5.46. The number of nitrogens with zero attached hydrogens (tertiary/aromatic N) is 4. The Bertz CT molecular complexity index is 534. The Morgan fingerprint density at radius 2 is 2.10 bits per heavy atom. The van der Waals surface area contributed by atoms with Crippen molar-refractivity contribution in [2.45, 2.75) is 44.7 Å². The average molecular weight is 272 g/mol. The van der Waals surface area contributed by atoms with Crippen LogP contribution in [0.3, 0.4) is 0 Å². The van der Waals surface area contributed by atoms with E-state index in [0.717, 1.165) is 5.69 Å². The molecule has 5 nitrogen and oxygen atoms in total. The summed E-state index contributed by atoms with van der Waals surface area (Å²) in [6.07, 6.45) is 8.32. The van der Waals surface area contributed by atoms with Gasteiger partial charge < -0.3 is 4.52 Å². The van der Waals surface area contributed by atoms with E-state index >= 15 is 0 Å². The van der Waals surface area contributed by atoms with E-state index in [0.29, 0.717) is 24.3 Å². The van der Waals surface area contributed by atoms with Gasteiger partial charge in [0.15, 0.2) is 0 Å². The van der Waals surface area contributed by atoms with Gasteiger partial charge in [0.1, 0.15) is 5.69 Å². The van der Waals surface area contributed by atoms with E-state index in [-0.39, 0.29) is 0 Å². The zero-order chi connectivity index (χ0) is 13.8. The van der Waals surface area contributed by atoms with Crippen molar-refractivity contribution in [3.05, 3.63) is 30.3 Å². The van der Waals surface area contributed by atoms with Crippen molar-refractivity contribution >= 4 is 0 Å². The largest absolute Gasteiger partial charge is 0.337 e. The van der Waals surface area contributed by atoms with Crippen molar-refractivity contribution in [1.29, 1.82) is 0 Å². The van der Waals surface area contributed by atoms with Crippen molar-refractivity contribution in [2.75, 3.05) is 7.05 Å². The van der Waals surface area contributed by atoms with Crippen LogP contribution in [0.15, 0.2) is 28.9 Å². The molecule has 0 aliphatic heterocycles. The molecule has 0 atom stereocenters. The summed E-state index contributed by atoms with van der Waals surface area (Å²) in [6.45, 7) is 0.713. The lowest BCUT2D eigenvalue weighted by Crippen LogP contribution is -2.32. The van der Waals surface area contributed by atoms with E-state index in [4.69, 9.17) is 4.52 Å². The van der Waals surface area contributed by atoms with Gasteiger partial charge in [-0.3, -0.25) is 9.88 Å². The molecule has 2 aromatic rings. The predicted octanol–water partition coefficient (Wildman–Crippen LogP) is 2.90. The van der Waals surface area contributed by atoms with E-state index in [1.54, 1.807) is 6.20 Å². The molecule has 0 radical (unpaired) electrons. The summed E-state index contributed by atoms with van der Waals surface area (Å²) in [5.74, 6) is 1.23. The van der Waals surface area contributed by atoms with E-state index in [2.05, 4.69) is 27.1 Å². The quantitative estimate of drug-likeness (QED) is 0.856. The summed E-state index contributed by atoms with van der Waals surface area (Å²) in [7, 11) is 2.14. The lowest BCUT2D eigenvalue weighted by Gasteiger charge is -2.29. The molecule has 1 saturated carbocycles. The van der Waals surface area contributed by atoms with Crippen LogP contribution in [0.25, 0.3) is 11.5 Å². The molecule has 0 saturated heterocycles. The topological polar surface area (TPSA) is 55.1 Å². The summed E-state index contributed by atoms with van der Waals surface area (Å²) >= 11 is 0. The lowest BCUT2D eigenvalue weighted by molar-refractivity contribution is 0.165. The van der Waals surface area contributed by atoms with Gasteiger partial charge in [0.05, 0.1) is 6.54 Å². The third-order valence-corrected chi connectivity index (χ3v) is 3.94. The molecule has 1 aliphatic rings. The molecule has 0 aromatic carbocycles. The van der Waals surface area contributed by atoms with Crippen LogP contribution in [0, 0.1) is 0 Å². The molecule has 2 heterocycles. The van der Waals surface area contributed by atoms with Gasteiger partial charge in [0.25, 0.3) is 0 Å². The number of hydrogen-bond donors (Lipinski definition) is 0. The van der Waals surface area contributed by atoms with Gasteiger partial charge in [-0.1, -0.05) is 30.5 Å². The second-order valence-corrected chi connectivity index (χ2v) is 5.43. The summed E-state index contributed by atoms with van der Waals surface area (Å²) in [6, 6.07) is 6.34. The molecule has 2 aromatic heterocycles. The maximum absolute atomic E-state index is 5.34. The molecule has 0 bridgehead atoms. The van der Waals surface area contributed by atoms with Crippen molar-refractivity contribution in [3.63, 3.8) is 0 Å². The maximum Gasteiger partial charge on any atom is 0.241 e. The van der Waals surface area contributed by atoms with Gasteiger partial charge in [0, 0.05) is 12.2 Å². The molecule has 3 rings (SSSR count). The Balaban J connectivity index is 1.65. The Morgan fingerprint density at radius 3 is 2.85 bits per heavy atom. The Hall–Kier alpha value is -1.75. The first-order chi connectivity index (χ1) is 9.83. The second-order valence-electron chi connectivity index (χ2n) is 5.43. The van der Waals surface area contributed by atoms with Gasteiger partial charge in [-0.15, -0.1) is 0 Å². The highest BCUT2D eigenvalue weighted by Gasteiger charge is 2.20. The van der Waals surface area contributed by atoms with Gasteiger partial charge in [-0.2, -0.15) is 4.98 Å². The first kappa shape index (κ1) is 13.2. The van der Waals surface area contributed by atoms with E-state index in [9.17, 15) is 0 Å². The minimum atomic E-state index is 0.567. The molecular weight excluding hydrogens is 252 g/mol. The summed E-state index contributed by atoms with van der Waals surface area (Å²) in [4.78, 5) is 11.0. The number of pyridine rings is 1. The van der Waals surface area contributed by atoms with Crippen molar-refractivity contribution in [2.24, 2.45) is 0 Å². The van der Waals surface area contributed by atoms with Crippen LogP contribution >= 0.6 is 0 Å². The monoisotopic (exact) mass is 272 g/mol. The fourth-order valence-electron chi connectivity index (χ4n) is 2.78. The molecule has 1 fully saturated rings. The molecule has 0 unspecified atom stereocenters. The molecule has 1 aliphatic carbocycles. The molecule has 106 valence electrons. The zero-order valence-electron chi connectivity index (χ0n) is 11.8. The first-order valence-electron chi connectivity index (χ1n) is 7.27. The number of hydrogen-bond acceptors (Lipinski definition) is 5. The van der Waals surface area contributed by atoms with Gasteiger partial charge in [0.2, 0.25) is 11.7 Å². The van der Waals surface area contributed by atoms with Crippen molar-refractivity contribution < 1.29 is 4.52 Å². The van der Waals surface area contributed by atoms with Gasteiger partial charge >= 0.3 is 0 Å². The minimum absolute atomic E-state index is 0.567. The van der Waals surface area contributed by atoms with Crippen LogP contribution in [-0.2, 0) is 6.54 Å². The summed E-state index contributed by atoms with van der Waals surface area (Å²) in [5.41, 5.74) is 0.753. The van der Waals surface area contributed by atoms with Gasteiger partial charge in [-0.05, 0) is 32.0 Å². The molecule has 20 heavy (non-hydrogen) atoms. The standard InChI is InChI=1S/C15H20N4O/c1-19(12-7-3-2-4-8-12)11-14-17-15(18-20-14)13-9-5-6-10-16-13/h5-6,9-10,12H,2-4,7-8,11H2,1H3. The van der Waals surface area contributed by atoms with Crippen molar-refractivity contribution in [1.82, 2.24) is 20.0 Å². The Kier molecular flexibility index (Phi) is 4.06. The molecule has 5 heteroatoms. The van der Waals surface area contributed by atoms with Gasteiger partial charge in [-0.25, -0.2) is 0 Å². The molecular formula is C15H20N4O. The van der Waals surface area contributed by atoms with Crippen LogP contribution in [0.1, 0.15) is 38.0 Å². The fraction of sp³-hybridized carbons (Fsp3) is 0.533. The van der Waals surface area contributed by atoms with E-state index in [1.807, 2.05) is 18.2 Å². The van der Waals surface area contributed by atoms with Crippen LogP contribution < -0.4 is 0 Å². The lowest BCUT2D eigenvalue weighted by atomic mass is 9.94. The fourth-order valence-corrected chi connectivity index (χ4v) is 2.78. The summed E-state index contributed by atoms with van der Waals surface area (Å²) in [5, 5.41) is 4.01. The minimum Gasteiger partial charge on any atom is -0.337 e. The average Bonchev–Trinajstić information content (AvgIpc) is 2.97. The molecule has 0 amide bonds. The highest BCUT2D eigenvalue weighted by atomic mass is 16.5. The highest BCUT2D eigenvalue weighted by Crippen LogP contribution is 2.23. The number of rotatable bonds is 4. The maximum atomic E-state index is 5.34. The SMILES string of the molecule is CN(Cc1nc(-c2ccccn2)no1)C1CCCCC1.